The molecule has 0 radical (unpaired) electrons. The van der Waals surface area contributed by atoms with Crippen LogP contribution in [0.4, 0.5) is 4.79 Å². The van der Waals surface area contributed by atoms with Crippen LogP contribution in [0.15, 0.2) is 45.7 Å². The molecule has 0 atom stereocenters. The largest absolute Gasteiger partial charge is 0.457 e. The average molecular weight is 419 g/mol. The Morgan fingerprint density at radius 2 is 1.96 bits per heavy atom. The van der Waals surface area contributed by atoms with Gasteiger partial charge in [-0.1, -0.05) is 23.7 Å². The molecule has 28 heavy (non-hydrogen) atoms. The lowest BCUT2D eigenvalue weighted by molar-refractivity contribution is -0.135. The van der Waals surface area contributed by atoms with E-state index in [0.717, 1.165) is 22.2 Å². The smallest absolute Gasteiger partial charge is 0.294 e. The Morgan fingerprint density at radius 3 is 2.64 bits per heavy atom. The number of carbonyl (C=O) groups is 3. The molecule has 1 aromatic carbocycles. The van der Waals surface area contributed by atoms with E-state index in [-0.39, 0.29) is 17.4 Å². The molecule has 6 nitrogen and oxygen atoms in total. The van der Waals surface area contributed by atoms with Gasteiger partial charge in [-0.05, 0) is 49.9 Å². The van der Waals surface area contributed by atoms with Crippen LogP contribution in [0.1, 0.15) is 19.6 Å². The summed E-state index contributed by atoms with van der Waals surface area (Å²) in [6.07, 6.45) is 1.51. The van der Waals surface area contributed by atoms with Gasteiger partial charge >= 0.3 is 0 Å². The second kappa shape index (κ2) is 8.67. The minimum Gasteiger partial charge on any atom is -0.457 e. The van der Waals surface area contributed by atoms with Crippen LogP contribution in [-0.2, 0) is 9.59 Å². The molecule has 1 fully saturated rings. The molecule has 3 rings (SSSR count). The predicted octanol–water partition coefficient (Wildman–Crippen LogP) is 4.50. The quantitative estimate of drug-likeness (QED) is 0.645. The van der Waals surface area contributed by atoms with Crippen molar-refractivity contribution in [3.05, 3.63) is 52.1 Å². The second-order valence-electron chi connectivity index (χ2n) is 6.05. The first-order valence-electron chi connectivity index (χ1n) is 8.81. The van der Waals surface area contributed by atoms with Gasteiger partial charge in [-0.3, -0.25) is 19.3 Å². The van der Waals surface area contributed by atoms with Crippen LogP contribution in [0.3, 0.4) is 0 Å². The van der Waals surface area contributed by atoms with Crippen LogP contribution in [-0.4, -0.2) is 46.5 Å². The Balaban J connectivity index is 1.76. The van der Waals surface area contributed by atoms with Crippen molar-refractivity contribution in [1.29, 1.82) is 0 Å². The number of hydrogen-bond donors (Lipinski definition) is 0. The van der Waals surface area contributed by atoms with E-state index >= 15 is 0 Å². The average Bonchev–Trinajstić information content (AvgIpc) is 3.23. The van der Waals surface area contributed by atoms with Crippen molar-refractivity contribution < 1.29 is 18.8 Å². The highest BCUT2D eigenvalue weighted by Gasteiger charge is 2.37. The van der Waals surface area contributed by atoms with Gasteiger partial charge in [0.2, 0.25) is 5.91 Å². The zero-order chi connectivity index (χ0) is 20.3. The highest BCUT2D eigenvalue weighted by atomic mass is 35.5. The third-order valence-corrected chi connectivity index (χ3v) is 5.43. The van der Waals surface area contributed by atoms with E-state index in [1.54, 1.807) is 29.2 Å². The van der Waals surface area contributed by atoms with Crippen LogP contribution in [0.5, 0.6) is 0 Å². The van der Waals surface area contributed by atoms with Gasteiger partial charge in [0.25, 0.3) is 11.1 Å². The number of furan rings is 1. The molecule has 2 aromatic rings. The van der Waals surface area contributed by atoms with E-state index in [1.165, 1.54) is 6.08 Å². The van der Waals surface area contributed by atoms with Gasteiger partial charge in [0.05, 0.1) is 4.91 Å². The Labute approximate surface area is 172 Å². The number of hydrogen-bond acceptors (Lipinski definition) is 5. The number of rotatable bonds is 6. The molecule has 0 spiro atoms. The van der Waals surface area contributed by atoms with Gasteiger partial charge in [0, 0.05) is 29.8 Å². The van der Waals surface area contributed by atoms with Gasteiger partial charge in [-0.2, -0.15) is 0 Å². The molecule has 0 aliphatic carbocycles. The van der Waals surface area contributed by atoms with Gasteiger partial charge in [0.15, 0.2) is 0 Å². The minimum absolute atomic E-state index is 0.226. The number of halogens is 1. The molecule has 1 aliphatic rings. The van der Waals surface area contributed by atoms with E-state index < -0.39 is 11.1 Å². The fourth-order valence-corrected chi connectivity index (χ4v) is 3.81. The fraction of sp³-hybridized carbons (Fsp3) is 0.250. The van der Waals surface area contributed by atoms with Gasteiger partial charge in [-0.25, -0.2) is 0 Å². The summed E-state index contributed by atoms with van der Waals surface area (Å²) < 4.78 is 5.75. The first kappa shape index (κ1) is 20.2. The number of nitrogens with zero attached hydrogens (tertiary/aromatic N) is 2. The predicted molar refractivity (Wildman–Crippen MR) is 110 cm³/mol. The van der Waals surface area contributed by atoms with E-state index in [0.29, 0.717) is 29.6 Å². The molecular weight excluding hydrogens is 400 g/mol. The van der Waals surface area contributed by atoms with Crippen LogP contribution in [0.25, 0.3) is 17.4 Å². The molecule has 0 saturated carbocycles. The first-order chi connectivity index (χ1) is 13.4. The molecule has 8 heteroatoms. The van der Waals surface area contributed by atoms with Crippen LogP contribution < -0.4 is 0 Å². The number of carbonyl (C=O) groups excluding carboxylic acids is 3. The topological polar surface area (TPSA) is 70.8 Å². The third-order valence-electron chi connectivity index (χ3n) is 4.29. The number of imide groups is 1. The summed E-state index contributed by atoms with van der Waals surface area (Å²) in [7, 11) is 0. The lowest BCUT2D eigenvalue weighted by Crippen LogP contribution is -2.41. The highest BCUT2D eigenvalue weighted by molar-refractivity contribution is 8.18. The summed E-state index contributed by atoms with van der Waals surface area (Å²) in [4.78, 5) is 39.8. The zero-order valence-electron chi connectivity index (χ0n) is 15.5. The molecule has 0 unspecified atom stereocenters. The van der Waals surface area contributed by atoms with Crippen molar-refractivity contribution >= 4 is 46.5 Å². The normalized spacial score (nSPS) is 15.5. The van der Waals surface area contributed by atoms with Gasteiger partial charge in [-0.15, -0.1) is 0 Å². The van der Waals surface area contributed by atoms with Crippen LogP contribution in [0, 0.1) is 0 Å². The summed E-state index contributed by atoms with van der Waals surface area (Å²) >= 11 is 6.80. The summed E-state index contributed by atoms with van der Waals surface area (Å²) in [6.45, 7) is 4.50. The standard InChI is InChI=1S/C20H19ClN2O4S/c1-3-22(4-2)18(24)12-23-19(25)17(28-20(23)26)11-15-8-9-16(27-15)13-6-5-7-14(21)10-13/h5-11H,3-4,12H2,1-2H3/b17-11-. The van der Waals surface area contributed by atoms with E-state index in [4.69, 9.17) is 16.0 Å². The molecule has 1 saturated heterocycles. The van der Waals surface area contributed by atoms with E-state index in [1.807, 2.05) is 26.0 Å². The highest BCUT2D eigenvalue weighted by Crippen LogP contribution is 2.33. The van der Waals surface area contributed by atoms with Crippen LogP contribution >= 0.6 is 23.4 Å². The van der Waals surface area contributed by atoms with E-state index in [9.17, 15) is 14.4 Å². The molecule has 146 valence electrons. The van der Waals surface area contributed by atoms with Crippen LogP contribution in [0.2, 0.25) is 5.02 Å². The number of amides is 3. The summed E-state index contributed by atoms with van der Waals surface area (Å²) in [5.41, 5.74) is 0.810. The lowest BCUT2D eigenvalue weighted by Gasteiger charge is -2.21. The second-order valence-corrected chi connectivity index (χ2v) is 7.48. The Kier molecular flexibility index (Phi) is 6.26. The SMILES string of the molecule is CCN(CC)C(=O)CN1C(=O)S/C(=C\c2ccc(-c3cccc(Cl)c3)o2)C1=O. The maximum absolute atomic E-state index is 12.6. The minimum atomic E-state index is -0.490. The van der Waals surface area contributed by atoms with Gasteiger partial charge < -0.3 is 9.32 Å². The van der Waals surface area contributed by atoms with Crippen molar-refractivity contribution in [2.45, 2.75) is 13.8 Å². The Bertz CT molecular complexity index is 949. The zero-order valence-corrected chi connectivity index (χ0v) is 17.0. The molecule has 0 N–H and O–H groups in total. The number of thioether (sulfide) groups is 1. The van der Waals surface area contributed by atoms with Crippen molar-refractivity contribution in [3.8, 4) is 11.3 Å². The molecule has 3 amide bonds. The molecule has 1 aromatic heterocycles. The van der Waals surface area contributed by atoms with Gasteiger partial charge in [0.1, 0.15) is 18.1 Å². The molecule has 0 bridgehead atoms. The third kappa shape index (κ3) is 4.31. The summed E-state index contributed by atoms with van der Waals surface area (Å²) in [5.74, 6) is 0.297. The van der Waals surface area contributed by atoms with Crippen molar-refractivity contribution in [2.75, 3.05) is 19.6 Å². The Hall–Kier alpha value is -2.51. The number of likely N-dealkylation sites (N-methyl/N-ethyl adjacent to an activating group) is 1. The maximum atomic E-state index is 12.6. The summed E-state index contributed by atoms with van der Waals surface area (Å²) in [5, 5.41) is 0.132. The van der Waals surface area contributed by atoms with Crippen molar-refractivity contribution in [2.24, 2.45) is 0 Å². The monoisotopic (exact) mass is 418 g/mol. The number of benzene rings is 1. The van der Waals surface area contributed by atoms with E-state index in [2.05, 4.69) is 0 Å². The fourth-order valence-electron chi connectivity index (χ4n) is 2.80. The summed E-state index contributed by atoms with van der Waals surface area (Å²) in [6, 6.07) is 10.7. The lowest BCUT2D eigenvalue weighted by atomic mass is 10.2. The molecule has 1 aliphatic heterocycles. The maximum Gasteiger partial charge on any atom is 0.294 e. The van der Waals surface area contributed by atoms with Crippen molar-refractivity contribution in [1.82, 2.24) is 9.80 Å². The molecular formula is C20H19ClN2O4S. The first-order valence-corrected chi connectivity index (χ1v) is 10.0. The molecule has 2 heterocycles. The van der Waals surface area contributed by atoms with Crippen molar-refractivity contribution in [3.63, 3.8) is 0 Å². The Morgan fingerprint density at radius 1 is 1.21 bits per heavy atom.